The molecule has 2 rings (SSSR count). The summed E-state index contributed by atoms with van der Waals surface area (Å²) >= 11 is 0. The fourth-order valence-electron chi connectivity index (χ4n) is 2.28. The second-order valence-corrected chi connectivity index (χ2v) is 4.59. The molecule has 88 valence electrons. The van der Waals surface area contributed by atoms with E-state index in [2.05, 4.69) is 10.2 Å². The first-order chi connectivity index (χ1) is 7.69. The molecule has 16 heavy (non-hydrogen) atoms. The third-order valence-corrected chi connectivity index (χ3v) is 3.31. The Balaban J connectivity index is 1.97. The molecule has 0 bridgehead atoms. The third kappa shape index (κ3) is 2.60. The van der Waals surface area contributed by atoms with Crippen molar-refractivity contribution in [2.75, 3.05) is 20.1 Å². The van der Waals surface area contributed by atoms with E-state index in [0.29, 0.717) is 6.04 Å². The molecule has 3 heteroatoms. The summed E-state index contributed by atoms with van der Waals surface area (Å²) < 4.78 is 13.1. The summed E-state index contributed by atoms with van der Waals surface area (Å²) in [7, 11) is 2.01. The molecule has 0 radical (unpaired) electrons. The first-order valence-electron chi connectivity index (χ1n) is 5.83. The van der Waals surface area contributed by atoms with Crippen LogP contribution < -0.4 is 5.32 Å². The highest BCUT2D eigenvalue weighted by Crippen LogP contribution is 2.15. The van der Waals surface area contributed by atoms with E-state index in [-0.39, 0.29) is 5.82 Å². The maximum Gasteiger partial charge on any atom is 0.126 e. The highest BCUT2D eigenvalue weighted by Gasteiger charge is 2.20. The predicted octanol–water partition coefficient (Wildman–Crippen LogP) is 1.93. The van der Waals surface area contributed by atoms with Gasteiger partial charge in [-0.3, -0.25) is 4.90 Å². The van der Waals surface area contributed by atoms with Gasteiger partial charge in [0.15, 0.2) is 0 Å². The van der Waals surface area contributed by atoms with Crippen LogP contribution in [0.2, 0.25) is 0 Å². The molecule has 1 aromatic carbocycles. The number of likely N-dealkylation sites (tertiary alicyclic amines) is 1. The number of aryl methyl sites for hydroxylation is 1. The molecule has 1 atom stereocenters. The fourth-order valence-corrected chi connectivity index (χ4v) is 2.28. The van der Waals surface area contributed by atoms with E-state index in [1.165, 1.54) is 12.0 Å². The molecule has 1 aliphatic heterocycles. The number of hydrogen-bond acceptors (Lipinski definition) is 2. The van der Waals surface area contributed by atoms with Gasteiger partial charge in [0, 0.05) is 25.7 Å². The third-order valence-electron chi connectivity index (χ3n) is 3.31. The van der Waals surface area contributed by atoms with Crippen LogP contribution in [-0.4, -0.2) is 31.1 Å². The van der Waals surface area contributed by atoms with Crippen LogP contribution in [0.3, 0.4) is 0 Å². The second kappa shape index (κ2) is 4.93. The van der Waals surface area contributed by atoms with E-state index in [4.69, 9.17) is 0 Å². The highest BCUT2D eigenvalue weighted by molar-refractivity contribution is 5.23. The van der Waals surface area contributed by atoms with Crippen molar-refractivity contribution in [1.82, 2.24) is 10.2 Å². The van der Waals surface area contributed by atoms with E-state index >= 15 is 0 Å². The lowest BCUT2D eigenvalue weighted by atomic mass is 10.1. The van der Waals surface area contributed by atoms with E-state index in [1.807, 2.05) is 26.1 Å². The van der Waals surface area contributed by atoms with Gasteiger partial charge in [-0.1, -0.05) is 12.1 Å². The molecule has 0 spiro atoms. The number of nitrogens with zero attached hydrogens (tertiary/aromatic N) is 1. The first kappa shape index (κ1) is 11.6. The van der Waals surface area contributed by atoms with Gasteiger partial charge in [-0.05, 0) is 37.6 Å². The summed E-state index contributed by atoms with van der Waals surface area (Å²) in [6, 6.07) is 6.01. The van der Waals surface area contributed by atoms with E-state index in [9.17, 15) is 4.39 Å². The quantitative estimate of drug-likeness (QED) is 0.840. The summed E-state index contributed by atoms with van der Waals surface area (Å²) in [5, 5.41) is 3.30. The zero-order chi connectivity index (χ0) is 11.5. The molecule has 1 N–H and O–H groups in total. The molecular formula is C13H19FN2. The van der Waals surface area contributed by atoms with Gasteiger partial charge in [0.25, 0.3) is 0 Å². The van der Waals surface area contributed by atoms with Gasteiger partial charge in [0.2, 0.25) is 0 Å². The number of benzene rings is 1. The van der Waals surface area contributed by atoms with Crippen molar-refractivity contribution in [3.05, 3.63) is 35.1 Å². The summed E-state index contributed by atoms with van der Waals surface area (Å²) in [4.78, 5) is 2.41. The predicted molar refractivity (Wildman–Crippen MR) is 63.9 cm³/mol. The van der Waals surface area contributed by atoms with Crippen LogP contribution in [0.4, 0.5) is 4.39 Å². The van der Waals surface area contributed by atoms with Gasteiger partial charge >= 0.3 is 0 Å². The molecule has 1 heterocycles. The Morgan fingerprint density at radius 2 is 2.31 bits per heavy atom. The number of likely N-dealkylation sites (N-methyl/N-ethyl adjacent to an activating group) is 1. The minimum atomic E-state index is -0.113. The average molecular weight is 222 g/mol. The maximum absolute atomic E-state index is 13.1. The normalized spacial score (nSPS) is 21.6. The molecule has 2 nitrogen and oxygen atoms in total. The molecule has 0 aromatic heterocycles. The van der Waals surface area contributed by atoms with Crippen LogP contribution in [0.1, 0.15) is 17.5 Å². The Morgan fingerprint density at radius 1 is 1.50 bits per heavy atom. The molecule has 1 fully saturated rings. The Morgan fingerprint density at radius 3 is 2.94 bits per heavy atom. The molecule has 1 saturated heterocycles. The first-order valence-corrected chi connectivity index (χ1v) is 5.83. The van der Waals surface area contributed by atoms with Crippen molar-refractivity contribution in [3.63, 3.8) is 0 Å². The molecule has 0 amide bonds. The molecule has 0 saturated carbocycles. The van der Waals surface area contributed by atoms with Crippen molar-refractivity contribution in [3.8, 4) is 0 Å². The number of halogens is 1. The molecule has 1 unspecified atom stereocenters. The zero-order valence-electron chi connectivity index (χ0n) is 9.96. The van der Waals surface area contributed by atoms with Gasteiger partial charge in [-0.15, -0.1) is 0 Å². The largest absolute Gasteiger partial charge is 0.316 e. The Kier molecular flexibility index (Phi) is 3.56. The van der Waals surface area contributed by atoms with Crippen LogP contribution in [-0.2, 0) is 6.54 Å². The van der Waals surface area contributed by atoms with Gasteiger partial charge in [-0.25, -0.2) is 4.39 Å². The van der Waals surface area contributed by atoms with Crippen molar-refractivity contribution < 1.29 is 4.39 Å². The summed E-state index contributed by atoms with van der Waals surface area (Å²) in [5.74, 6) is -0.113. The Bertz CT molecular complexity index is 365. The lowest BCUT2D eigenvalue weighted by molar-refractivity contribution is 0.322. The Hall–Kier alpha value is -0.930. The fraction of sp³-hybridized carbons (Fsp3) is 0.538. The average Bonchev–Trinajstić information content (AvgIpc) is 2.71. The lowest BCUT2D eigenvalue weighted by Gasteiger charge is -2.16. The summed E-state index contributed by atoms with van der Waals surface area (Å²) in [6.45, 7) is 4.97. The monoisotopic (exact) mass is 222 g/mol. The summed E-state index contributed by atoms with van der Waals surface area (Å²) in [5.41, 5.74) is 1.94. The number of rotatable bonds is 3. The molecule has 1 aliphatic rings. The minimum absolute atomic E-state index is 0.113. The Labute approximate surface area is 96.5 Å². The van der Waals surface area contributed by atoms with Crippen molar-refractivity contribution >= 4 is 0 Å². The van der Waals surface area contributed by atoms with Crippen LogP contribution in [0.5, 0.6) is 0 Å². The van der Waals surface area contributed by atoms with E-state index in [1.54, 1.807) is 6.07 Å². The standard InChI is InChI=1S/C13H19FN2/c1-10-7-11(3-4-13(10)14)8-16-6-5-12(9-16)15-2/h3-4,7,12,15H,5-6,8-9H2,1-2H3. The number of hydrogen-bond donors (Lipinski definition) is 1. The van der Waals surface area contributed by atoms with Crippen molar-refractivity contribution in [1.29, 1.82) is 0 Å². The van der Waals surface area contributed by atoms with Crippen LogP contribution in [0.25, 0.3) is 0 Å². The molecule has 0 aliphatic carbocycles. The van der Waals surface area contributed by atoms with Gasteiger partial charge in [0.05, 0.1) is 0 Å². The van der Waals surface area contributed by atoms with Gasteiger partial charge < -0.3 is 5.32 Å². The van der Waals surface area contributed by atoms with Gasteiger partial charge in [0.1, 0.15) is 5.82 Å². The maximum atomic E-state index is 13.1. The SMILES string of the molecule is CNC1CCN(Cc2ccc(F)c(C)c2)C1. The van der Waals surface area contributed by atoms with E-state index < -0.39 is 0 Å². The lowest BCUT2D eigenvalue weighted by Crippen LogP contribution is -2.29. The van der Waals surface area contributed by atoms with Crippen LogP contribution >= 0.6 is 0 Å². The second-order valence-electron chi connectivity index (χ2n) is 4.59. The van der Waals surface area contributed by atoms with Crippen molar-refractivity contribution in [2.24, 2.45) is 0 Å². The topological polar surface area (TPSA) is 15.3 Å². The van der Waals surface area contributed by atoms with Crippen molar-refractivity contribution in [2.45, 2.75) is 25.9 Å². The smallest absolute Gasteiger partial charge is 0.126 e. The highest BCUT2D eigenvalue weighted by atomic mass is 19.1. The molecule has 1 aromatic rings. The zero-order valence-corrected chi connectivity index (χ0v) is 9.96. The summed E-state index contributed by atoms with van der Waals surface area (Å²) in [6.07, 6.45) is 1.21. The van der Waals surface area contributed by atoms with Gasteiger partial charge in [-0.2, -0.15) is 0 Å². The van der Waals surface area contributed by atoms with Crippen LogP contribution in [0, 0.1) is 12.7 Å². The number of nitrogens with one attached hydrogen (secondary N) is 1. The van der Waals surface area contributed by atoms with E-state index in [0.717, 1.165) is 25.2 Å². The minimum Gasteiger partial charge on any atom is -0.316 e. The van der Waals surface area contributed by atoms with Crippen LogP contribution in [0.15, 0.2) is 18.2 Å². The molecular weight excluding hydrogens is 203 g/mol.